The number of carbonyl (C=O) groups excluding carboxylic acids is 1. The number of benzene rings is 1. The first-order chi connectivity index (χ1) is 9.28. The van der Waals surface area contributed by atoms with E-state index in [-0.39, 0.29) is 24.4 Å². The fourth-order valence-corrected chi connectivity index (χ4v) is 2.05. The summed E-state index contributed by atoms with van der Waals surface area (Å²) in [6.45, 7) is 0. The van der Waals surface area contributed by atoms with Crippen LogP contribution in [0.1, 0.15) is 12.8 Å². The summed E-state index contributed by atoms with van der Waals surface area (Å²) in [6, 6.07) is 3.53. The molecule has 1 aliphatic rings. The SMILES string of the molecule is O=C(O)C1CCC(=O)N1c1ccc(OC(F)(F)F)cc1. The Morgan fingerprint density at radius 3 is 2.40 bits per heavy atom. The highest BCUT2D eigenvalue weighted by Gasteiger charge is 2.37. The molecule has 1 aliphatic heterocycles. The van der Waals surface area contributed by atoms with Gasteiger partial charge in [0.2, 0.25) is 5.91 Å². The number of carboxylic acids is 1. The summed E-state index contributed by atoms with van der Waals surface area (Å²) in [6.07, 6.45) is -4.53. The van der Waals surface area contributed by atoms with Crippen molar-refractivity contribution in [3.63, 3.8) is 0 Å². The molecule has 1 saturated heterocycles. The predicted octanol–water partition coefficient (Wildman–Crippen LogP) is 2.17. The summed E-state index contributed by atoms with van der Waals surface area (Å²) in [5, 5.41) is 9.00. The fraction of sp³-hybridized carbons (Fsp3) is 0.333. The first kappa shape index (κ1) is 14.2. The Labute approximate surface area is 111 Å². The zero-order chi connectivity index (χ0) is 14.9. The third kappa shape index (κ3) is 3.01. The summed E-state index contributed by atoms with van der Waals surface area (Å²) in [5.41, 5.74) is 0.231. The average Bonchev–Trinajstić information content (AvgIpc) is 2.70. The topological polar surface area (TPSA) is 66.8 Å². The minimum absolute atomic E-state index is 0.0950. The van der Waals surface area contributed by atoms with Gasteiger partial charge in [-0.05, 0) is 30.7 Å². The Balaban J connectivity index is 2.21. The van der Waals surface area contributed by atoms with Gasteiger partial charge >= 0.3 is 12.3 Å². The second-order valence-electron chi connectivity index (χ2n) is 4.20. The van der Waals surface area contributed by atoms with Gasteiger partial charge in [-0.3, -0.25) is 9.69 Å². The van der Waals surface area contributed by atoms with Gasteiger partial charge in [0.15, 0.2) is 0 Å². The van der Waals surface area contributed by atoms with Crippen LogP contribution in [0.2, 0.25) is 0 Å². The quantitative estimate of drug-likeness (QED) is 0.926. The van der Waals surface area contributed by atoms with Crippen molar-refractivity contribution in [3.05, 3.63) is 24.3 Å². The van der Waals surface area contributed by atoms with Gasteiger partial charge in [0.25, 0.3) is 0 Å². The molecular weight excluding hydrogens is 279 g/mol. The molecule has 1 amide bonds. The van der Waals surface area contributed by atoms with Crippen LogP contribution in [-0.4, -0.2) is 29.4 Å². The van der Waals surface area contributed by atoms with Crippen LogP contribution in [0.5, 0.6) is 5.75 Å². The summed E-state index contributed by atoms with van der Waals surface area (Å²) < 4.78 is 39.7. The number of aliphatic carboxylic acids is 1. The first-order valence-corrected chi connectivity index (χ1v) is 5.68. The van der Waals surface area contributed by atoms with E-state index in [4.69, 9.17) is 5.11 Å². The van der Waals surface area contributed by atoms with Crippen molar-refractivity contribution in [2.24, 2.45) is 0 Å². The molecule has 0 aliphatic carbocycles. The smallest absolute Gasteiger partial charge is 0.480 e. The normalized spacial score (nSPS) is 19.2. The molecule has 1 heterocycles. The Bertz CT molecular complexity index is 526. The van der Waals surface area contributed by atoms with Gasteiger partial charge in [-0.25, -0.2) is 4.79 Å². The van der Waals surface area contributed by atoms with E-state index in [0.29, 0.717) is 0 Å². The van der Waals surface area contributed by atoms with Crippen LogP contribution in [0.25, 0.3) is 0 Å². The van der Waals surface area contributed by atoms with Gasteiger partial charge in [0.05, 0.1) is 0 Å². The lowest BCUT2D eigenvalue weighted by atomic mass is 10.2. The van der Waals surface area contributed by atoms with E-state index in [1.165, 1.54) is 12.1 Å². The van der Waals surface area contributed by atoms with E-state index < -0.39 is 24.1 Å². The number of alkyl halides is 3. The molecular formula is C12H10F3NO4. The number of hydrogen-bond acceptors (Lipinski definition) is 3. The summed E-state index contributed by atoms with van der Waals surface area (Å²) >= 11 is 0. The number of hydrogen-bond donors (Lipinski definition) is 1. The van der Waals surface area contributed by atoms with Crippen molar-refractivity contribution in [1.82, 2.24) is 0 Å². The number of carboxylic acid groups (broad SMARTS) is 1. The molecule has 0 saturated carbocycles. The van der Waals surface area contributed by atoms with Gasteiger partial charge in [0, 0.05) is 12.1 Å². The summed E-state index contributed by atoms with van der Waals surface area (Å²) in [5.74, 6) is -1.95. The molecule has 1 fully saturated rings. The van der Waals surface area contributed by atoms with Gasteiger partial charge < -0.3 is 9.84 Å². The molecule has 1 N–H and O–H groups in total. The van der Waals surface area contributed by atoms with Crippen molar-refractivity contribution in [1.29, 1.82) is 0 Å². The lowest BCUT2D eigenvalue weighted by Gasteiger charge is -2.21. The molecule has 1 unspecified atom stereocenters. The van der Waals surface area contributed by atoms with Crippen LogP contribution in [0.3, 0.4) is 0 Å². The summed E-state index contributed by atoms with van der Waals surface area (Å²) in [7, 11) is 0. The maximum Gasteiger partial charge on any atom is 0.573 e. The molecule has 0 radical (unpaired) electrons. The van der Waals surface area contributed by atoms with E-state index in [9.17, 15) is 22.8 Å². The largest absolute Gasteiger partial charge is 0.573 e. The Morgan fingerprint density at radius 1 is 1.30 bits per heavy atom. The van der Waals surface area contributed by atoms with E-state index in [1.807, 2.05) is 0 Å². The minimum atomic E-state index is -4.80. The van der Waals surface area contributed by atoms with E-state index >= 15 is 0 Å². The lowest BCUT2D eigenvalue weighted by Crippen LogP contribution is -2.38. The van der Waals surface area contributed by atoms with Gasteiger partial charge in [-0.2, -0.15) is 0 Å². The van der Waals surface area contributed by atoms with Gasteiger partial charge in [0.1, 0.15) is 11.8 Å². The zero-order valence-corrected chi connectivity index (χ0v) is 10.1. The average molecular weight is 289 g/mol. The maximum absolute atomic E-state index is 12.0. The number of amides is 1. The molecule has 1 atom stereocenters. The second-order valence-corrected chi connectivity index (χ2v) is 4.20. The van der Waals surface area contributed by atoms with E-state index in [0.717, 1.165) is 17.0 Å². The number of halogens is 3. The Kier molecular flexibility index (Phi) is 3.56. The van der Waals surface area contributed by atoms with Crippen molar-refractivity contribution in [3.8, 4) is 5.75 Å². The van der Waals surface area contributed by atoms with Crippen LogP contribution in [0.15, 0.2) is 24.3 Å². The summed E-state index contributed by atoms with van der Waals surface area (Å²) in [4.78, 5) is 23.7. The first-order valence-electron chi connectivity index (χ1n) is 5.68. The van der Waals surface area contributed by atoms with Crippen LogP contribution in [0, 0.1) is 0 Å². The molecule has 1 aromatic carbocycles. The predicted molar refractivity (Wildman–Crippen MR) is 61.3 cm³/mol. The number of rotatable bonds is 3. The van der Waals surface area contributed by atoms with Crippen molar-refractivity contribution < 1.29 is 32.6 Å². The highest BCUT2D eigenvalue weighted by molar-refractivity contribution is 6.02. The van der Waals surface area contributed by atoms with Crippen LogP contribution in [-0.2, 0) is 9.59 Å². The van der Waals surface area contributed by atoms with Crippen molar-refractivity contribution >= 4 is 17.6 Å². The highest BCUT2D eigenvalue weighted by atomic mass is 19.4. The number of anilines is 1. The standard InChI is InChI=1S/C12H10F3NO4/c13-12(14,15)20-8-3-1-7(2-4-8)16-9(11(18)19)5-6-10(16)17/h1-4,9H,5-6H2,(H,18,19). The van der Waals surface area contributed by atoms with Crippen LogP contribution < -0.4 is 9.64 Å². The van der Waals surface area contributed by atoms with E-state index in [2.05, 4.69) is 4.74 Å². The van der Waals surface area contributed by atoms with Crippen LogP contribution >= 0.6 is 0 Å². The van der Waals surface area contributed by atoms with Gasteiger partial charge in [-0.1, -0.05) is 0 Å². The molecule has 0 bridgehead atoms. The molecule has 5 nitrogen and oxygen atoms in total. The van der Waals surface area contributed by atoms with E-state index in [1.54, 1.807) is 0 Å². The molecule has 0 aromatic heterocycles. The molecule has 0 spiro atoms. The number of nitrogens with zero attached hydrogens (tertiary/aromatic N) is 1. The molecule has 108 valence electrons. The second kappa shape index (κ2) is 5.03. The monoisotopic (exact) mass is 289 g/mol. The number of carbonyl (C=O) groups is 2. The maximum atomic E-state index is 12.0. The minimum Gasteiger partial charge on any atom is -0.480 e. The lowest BCUT2D eigenvalue weighted by molar-refractivity contribution is -0.274. The molecule has 2 rings (SSSR count). The molecule has 20 heavy (non-hydrogen) atoms. The third-order valence-corrected chi connectivity index (χ3v) is 2.85. The molecule has 1 aromatic rings. The Morgan fingerprint density at radius 2 is 1.90 bits per heavy atom. The van der Waals surface area contributed by atoms with Crippen molar-refractivity contribution in [2.45, 2.75) is 25.2 Å². The Hall–Kier alpha value is -2.25. The molecule has 8 heteroatoms. The van der Waals surface area contributed by atoms with Crippen LogP contribution in [0.4, 0.5) is 18.9 Å². The third-order valence-electron chi connectivity index (χ3n) is 2.85. The van der Waals surface area contributed by atoms with Crippen molar-refractivity contribution in [2.75, 3.05) is 4.90 Å². The van der Waals surface area contributed by atoms with Gasteiger partial charge in [-0.15, -0.1) is 13.2 Å². The zero-order valence-electron chi connectivity index (χ0n) is 10.1. The number of ether oxygens (including phenoxy) is 1. The fourth-order valence-electron chi connectivity index (χ4n) is 2.05. The highest BCUT2D eigenvalue weighted by Crippen LogP contribution is 2.30.